The van der Waals surface area contributed by atoms with Gasteiger partial charge in [-0.1, -0.05) is 36.4 Å². The van der Waals surface area contributed by atoms with E-state index in [1.165, 1.54) is 0 Å². The molecule has 0 unspecified atom stereocenters. The van der Waals surface area contributed by atoms with Gasteiger partial charge in [-0.3, -0.25) is 9.36 Å². The zero-order valence-electron chi connectivity index (χ0n) is 19.6. The monoisotopic (exact) mass is 453 g/mol. The molecule has 7 heteroatoms. The minimum atomic E-state index is -0.445. The van der Waals surface area contributed by atoms with Crippen LogP contribution in [0.15, 0.2) is 66.9 Å². The van der Waals surface area contributed by atoms with Crippen molar-refractivity contribution >= 4 is 17.5 Å². The third-order valence-electron chi connectivity index (χ3n) is 5.59. The van der Waals surface area contributed by atoms with Gasteiger partial charge in [-0.05, 0) is 63.4 Å². The number of para-hydroxylation sites is 1. The van der Waals surface area contributed by atoms with Gasteiger partial charge >= 0.3 is 5.97 Å². The largest absolute Gasteiger partial charge is 0.460 e. The summed E-state index contributed by atoms with van der Waals surface area (Å²) in [6.45, 7) is 5.66. The summed E-state index contributed by atoms with van der Waals surface area (Å²) >= 11 is 0. The molecule has 1 aliphatic heterocycles. The number of aromatic nitrogens is 4. The second-order valence-electron chi connectivity index (χ2n) is 9.36. The van der Waals surface area contributed by atoms with Gasteiger partial charge in [0.15, 0.2) is 17.5 Å². The molecular formula is C27H27N5O2. The van der Waals surface area contributed by atoms with Crippen LogP contribution < -0.4 is 5.32 Å². The molecule has 7 nitrogen and oxygen atoms in total. The first-order valence-corrected chi connectivity index (χ1v) is 11.5. The highest BCUT2D eigenvalue weighted by Gasteiger charge is 2.24. The Bertz CT molecular complexity index is 1340. The molecule has 34 heavy (non-hydrogen) atoms. The number of anilines is 2. The van der Waals surface area contributed by atoms with Crippen LogP contribution in [0.2, 0.25) is 0 Å². The van der Waals surface area contributed by atoms with Gasteiger partial charge in [-0.15, -0.1) is 10.2 Å². The van der Waals surface area contributed by atoms with Gasteiger partial charge in [0.1, 0.15) is 5.60 Å². The Kier molecular flexibility index (Phi) is 5.61. The number of aryl methyl sites for hydroxylation is 1. The Morgan fingerprint density at radius 2 is 1.74 bits per heavy atom. The number of carbonyl (C=O) groups is 1. The Balaban J connectivity index is 1.41. The van der Waals surface area contributed by atoms with Crippen LogP contribution in [0.3, 0.4) is 0 Å². The average molecular weight is 454 g/mol. The van der Waals surface area contributed by atoms with Crippen molar-refractivity contribution in [3.05, 3.63) is 72.4 Å². The lowest BCUT2D eigenvalue weighted by molar-refractivity contribution is -0.154. The quantitative estimate of drug-likeness (QED) is 0.343. The van der Waals surface area contributed by atoms with Gasteiger partial charge in [0.2, 0.25) is 0 Å². The van der Waals surface area contributed by atoms with Crippen molar-refractivity contribution in [2.24, 2.45) is 0 Å². The summed E-state index contributed by atoms with van der Waals surface area (Å²) in [5.41, 5.74) is 4.49. The summed E-state index contributed by atoms with van der Waals surface area (Å²) < 4.78 is 7.45. The van der Waals surface area contributed by atoms with Crippen LogP contribution in [-0.4, -0.2) is 31.3 Å². The average Bonchev–Trinajstić information content (AvgIpc) is 3.18. The maximum atomic E-state index is 12.0. The van der Waals surface area contributed by atoms with Crippen molar-refractivity contribution in [2.45, 2.75) is 45.6 Å². The number of hydrogen-bond acceptors (Lipinski definition) is 6. The highest BCUT2D eigenvalue weighted by atomic mass is 16.6. The Labute approximate surface area is 198 Å². The SMILES string of the molecule is CC(C)(C)OC(=O)CCCc1ccc(-c2nnc3n2-c2cccnc2Nc2ccccc2-3)cc1. The first-order valence-electron chi connectivity index (χ1n) is 11.5. The highest BCUT2D eigenvalue weighted by molar-refractivity contribution is 5.84. The van der Waals surface area contributed by atoms with Gasteiger partial charge in [0, 0.05) is 23.7 Å². The lowest BCUT2D eigenvalue weighted by Crippen LogP contribution is -2.23. The molecule has 0 saturated heterocycles. The number of rotatable bonds is 5. The standard InChI is InChI=1S/C27H27N5O2/c1-27(2,3)34-23(33)12-6-8-18-13-15-19(16-14-18)25-30-31-26-20-9-4-5-10-21(20)29-24-22(32(25)26)11-7-17-28-24/h4-5,7,9-11,13-17H,6,8,12H2,1-3H3,(H,28,29). The predicted octanol–water partition coefficient (Wildman–Crippen LogP) is 5.72. The topological polar surface area (TPSA) is 81.9 Å². The molecule has 1 aliphatic rings. The zero-order valence-corrected chi connectivity index (χ0v) is 19.6. The van der Waals surface area contributed by atoms with Crippen LogP contribution in [0.5, 0.6) is 0 Å². The number of esters is 1. The van der Waals surface area contributed by atoms with Crippen LogP contribution in [0, 0.1) is 0 Å². The van der Waals surface area contributed by atoms with E-state index in [1.807, 2.05) is 57.2 Å². The predicted molar refractivity (Wildman–Crippen MR) is 132 cm³/mol. The second-order valence-corrected chi connectivity index (χ2v) is 9.36. The van der Waals surface area contributed by atoms with Crippen LogP contribution in [0.4, 0.5) is 11.5 Å². The first-order chi connectivity index (χ1) is 16.4. The smallest absolute Gasteiger partial charge is 0.306 e. The number of pyridine rings is 1. The molecule has 2 aromatic heterocycles. The van der Waals surface area contributed by atoms with Crippen molar-refractivity contribution in [3.63, 3.8) is 0 Å². The molecule has 5 rings (SSSR count). The number of nitrogens with zero attached hydrogens (tertiary/aromatic N) is 4. The van der Waals surface area contributed by atoms with E-state index in [9.17, 15) is 4.79 Å². The van der Waals surface area contributed by atoms with E-state index in [4.69, 9.17) is 4.74 Å². The summed E-state index contributed by atoms with van der Waals surface area (Å²) in [7, 11) is 0. The second kappa shape index (κ2) is 8.74. The van der Waals surface area contributed by atoms with Crippen LogP contribution >= 0.6 is 0 Å². The molecule has 2 aromatic carbocycles. The molecule has 0 spiro atoms. The molecule has 1 N–H and O–H groups in total. The lowest BCUT2D eigenvalue weighted by Gasteiger charge is -2.19. The lowest BCUT2D eigenvalue weighted by atomic mass is 10.1. The fourth-order valence-corrected chi connectivity index (χ4v) is 4.11. The summed E-state index contributed by atoms with van der Waals surface area (Å²) in [6.07, 6.45) is 3.74. The van der Waals surface area contributed by atoms with Crippen molar-refractivity contribution < 1.29 is 9.53 Å². The Morgan fingerprint density at radius 3 is 2.53 bits per heavy atom. The minimum absolute atomic E-state index is 0.156. The van der Waals surface area contributed by atoms with Gasteiger partial charge in [0.05, 0.1) is 11.4 Å². The molecule has 172 valence electrons. The summed E-state index contributed by atoms with van der Waals surface area (Å²) in [4.78, 5) is 16.5. The van der Waals surface area contributed by atoms with E-state index in [2.05, 4.69) is 49.3 Å². The molecule has 0 aliphatic carbocycles. The van der Waals surface area contributed by atoms with Gasteiger partial charge in [0.25, 0.3) is 0 Å². The van der Waals surface area contributed by atoms with Gasteiger partial charge < -0.3 is 10.1 Å². The fourth-order valence-electron chi connectivity index (χ4n) is 4.11. The molecule has 0 amide bonds. The number of hydrogen-bond donors (Lipinski definition) is 1. The summed E-state index contributed by atoms with van der Waals surface area (Å²) in [6, 6.07) is 20.2. The van der Waals surface area contributed by atoms with E-state index < -0.39 is 5.60 Å². The molecule has 0 bridgehead atoms. The first kappa shape index (κ1) is 21.8. The van der Waals surface area contributed by atoms with Crippen molar-refractivity contribution in [1.29, 1.82) is 0 Å². The number of carbonyl (C=O) groups excluding carboxylic acids is 1. The highest BCUT2D eigenvalue weighted by Crippen LogP contribution is 2.38. The summed E-state index contributed by atoms with van der Waals surface area (Å²) in [5.74, 6) is 2.12. The zero-order chi connectivity index (χ0) is 23.7. The Hall–Kier alpha value is -4.00. The molecule has 3 heterocycles. The summed E-state index contributed by atoms with van der Waals surface area (Å²) in [5, 5.41) is 12.5. The molecule has 0 atom stereocenters. The van der Waals surface area contributed by atoms with Crippen molar-refractivity contribution in [2.75, 3.05) is 5.32 Å². The molecule has 0 saturated carbocycles. The molecular weight excluding hydrogens is 426 g/mol. The van der Waals surface area contributed by atoms with Gasteiger partial charge in [-0.25, -0.2) is 4.98 Å². The minimum Gasteiger partial charge on any atom is -0.460 e. The number of benzene rings is 2. The number of nitrogens with one attached hydrogen (secondary N) is 1. The van der Waals surface area contributed by atoms with Crippen molar-refractivity contribution in [1.82, 2.24) is 19.7 Å². The van der Waals surface area contributed by atoms with E-state index in [0.717, 1.165) is 58.4 Å². The fraction of sp³-hybridized carbons (Fsp3) is 0.259. The third-order valence-corrected chi connectivity index (χ3v) is 5.59. The molecule has 0 fully saturated rings. The normalized spacial score (nSPS) is 12.1. The Morgan fingerprint density at radius 1 is 0.971 bits per heavy atom. The number of fused-ring (bicyclic) bond motifs is 5. The molecule has 0 radical (unpaired) electrons. The van der Waals surface area contributed by atoms with E-state index in [1.54, 1.807) is 6.20 Å². The van der Waals surface area contributed by atoms with Crippen LogP contribution in [0.1, 0.15) is 39.2 Å². The maximum Gasteiger partial charge on any atom is 0.306 e. The van der Waals surface area contributed by atoms with E-state index in [-0.39, 0.29) is 5.97 Å². The maximum absolute atomic E-state index is 12.0. The van der Waals surface area contributed by atoms with Crippen LogP contribution in [-0.2, 0) is 16.0 Å². The van der Waals surface area contributed by atoms with E-state index in [0.29, 0.717) is 6.42 Å². The third kappa shape index (κ3) is 4.41. The van der Waals surface area contributed by atoms with Crippen LogP contribution in [0.25, 0.3) is 28.5 Å². The van der Waals surface area contributed by atoms with Gasteiger partial charge in [-0.2, -0.15) is 0 Å². The number of ether oxygens (including phenoxy) is 1. The van der Waals surface area contributed by atoms with Crippen molar-refractivity contribution in [3.8, 4) is 28.5 Å². The molecule has 4 aromatic rings. The van der Waals surface area contributed by atoms with E-state index >= 15 is 0 Å².